The molecular formula is C21H26ClFN3O9P. The van der Waals surface area contributed by atoms with E-state index in [9.17, 15) is 24.1 Å². The number of aliphatic hydroxyl groups excluding tert-OH is 1. The van der Waals surface area contributed by atoms with Crippen molar-refractivity contribution in [2.45, 2.75) is 56.5 Å². The molecule has 1 aliphatic rings. The van der Waals surface area contributed by atoms with Gasteiger partial charge in [0, 0.05) is 12.3 Å². The zero-order valence-corrected chi connectivity index (χ0v) is 21.1. The van der Waals surface area contributed by atoms with E-state index in [1.807, 2.05) is 4.98 Å². The van der Waals surface area contributed by atoms with E-state index in [2.05, 4.69) is 5.09 Å². The predicted octanol–water partition coefficient (Wildman–Crippen LogP) is 1.83. The summed E-state index contributed by atoms with van der Waals surface area (Å²) in [6.45, 7) is 3.93. The lowest BCUT2D eigenvalue weighted by molar-refractivity contribution is -0.149. The molecule has 1 fully saturated rings. The van der Waals surface area contributed by atoms with Crippen LogP contribution in [-0.2, 0) is 23.4 Å². The van der Waals surface area contributed by atoms with E-state index in [-0.39, 0.29) is 5.75 Å². The summed E-state index contributed by atoms with van der Waals surface area (Å²) in [6.07, 6.45) is -4.91. The summed E-state index contributed by atoms with van der Waals surface area (Å²) in [5.74, 6) is -0.607. The molecule has 36 heavy (non-hydrogen) atoms. The van der Waals surface area contributed by atoms with Crippen LogP contribution in [0.2, 0.25) is 0 Å². The number of alkyl halides is 2. The van der Waals surface area contributed by atoms with Crippen LogP contribution in [0.15, 0.2) is 52.2 Å². The molecule has 1 aliphatic heterocycles. The molecule has 0 unspecified atom stereocenters. The van der Waals surface area contributed by atoms with Crippen LogP contribution in [0, 0.1) is 0 Å². The maximum Gasteiger partial charge on any atom is 0.459 e. The summed E-state index contributed by atoms with van der Waals surface area (Å²) < 4.78 is 50.8. The van der Waals surface area contributed by atoms with Crippen molar-refractivity contribution < 1.29 is 37.4 Å². The molecule has 2 heterocycles. The van der Waals surface area contributed by atoms with E-state index in [1.165, 1.54) is 19.1 Å². The van der Waals surface area contributed by atoms with Crippen molar-refractivity contribution in [2.75, 3.05) is 6.61 Å². The quantitative estimate of drug-likeness (QED) is 0.227. The van der Waals surface area contributed by atoms with Crippen molar-refractivity contribution in [3.05, 3.63) is 63.4 Å². The molecule has 0 bridgehead atoms. The van der Waals surface area contributed by atoms with Gasteiger partial charge in [0.05, 0.1) is 12.7 Å². The Balaban J connectivity index is 1.80. The average Bonchev–Trinajstić information content (AvgIpc) is 3.01. The third-order valence-electron chi connectivity index (χ3n) is 4.92. The van der Waals surface area contributed by atoms with E-state index in [0.717, 1.165) is 12.3 Å². The summed E-state index contributed by atoms with van der Waals surface area (Å²) in [6, 6.07) is 7.68. The first kappa shape index (κ1) is 28.0. The summed E-state index contributed by atoms with van der Waals surface area (Å²) in [5.41, 5.74) is -1.76. The van der Waals surface area contributed by atoms with Crippen molar-refractivity contribution in [3.63, 3.8) is 0 Å². The number of aliphatic hydroxyl groups is 1. The fourth-order valence-corrected chi connectivity index (χ4v) is 5.02. The molecule has 6 atom stereocenters. The first-order valence-corrected chi connectivity index (χ1v) is 12.7. The molecule has 0 amide bonds. The summed E-state index contributed by atoms with van der Waals surface area (Å²) >= 11 is 5.85. The van der Waals surface area contributed by atoms with E-state index in [1.54, 1.807) is 32.0 Å². The predicted molar refractivity (Wildman–Crippen MR) is 125 cm³/mol. The van der Waals surface area contributed by atoms with Crippen molar-refractivity contribution in [3.8, 4) is 5.75 Å². The topological polar surface area (TPSA) is 158 Å². The number of carbonyl (C=O) groups is 1. The minimum Gasteiger partial charge on any atom is -0.462 e. The smallest absolute Gasteiger partial charge is 0.459 e. The minimum absolute atomic E-state index is 0.125. The van der Waals surface area contributed by atoms with Gasteiger partial charge in [-0.05, 0) is 32.9 Å². The zero-order valence-electron chi connectivity index (χ0n) is 19.5. The lowest BCUT2D eigenvalue weighted by Crippen LogP contribution is -2.42. The van der Waals surface area contributed by atoms with Crippen LogP contribution in [-0.4, -0.2) is 56.7 Å². The monoisotopic (exact) mass is 549 g/mol. The van der Waals surface area contributed by atoms with E-state index in [0.29, 0.717) is 4.57 Å². The number of para-hydroxylation sites is 1. The molecule has 198 valence electrons. The fourth-order valence-electron chi connectivity index (χ4n) is 3.22. The number of nitrogens with one attached hydrogen (secondary N) is 2. The Labute approximate surface area is 209 Å². The van der Waals surface area contributed by atoms with Crippen LogP contribution in [0.4, 0.5) is 4.39 Å². The highest BCUT2D eigenvalue weighted by atomic mass is 35.5. The van der Waals surface area contributed by atoms with Crippen molar-refractivity contribution in [2.24, 2.45) is 0 Å². The fraction of sp³-hybridized carbons (Fsp3) is 0.476. The molecule has 1 aromatic heterocycles. The van der Waals surface area contributed by atoms with Crippen LogP contribution in [0.3, 0.4) is 0 Å². The first-order valence-electron chi connectivity index (χ1n) is 10.8. The van der Waals surface area contributed by atoms with Gasteiger partial charge in [0.25, 0.3) is 10.7 Å². The third kappa shape index (κ3) is 6.61. The molecule has 0 spiro atoms. The molecule has 12 nitrogen and oxygen atoms in total. The van der Waals surface area contributed by atoms with E-state index < -0.39 is 67.3 Å². The van der Waals surface area contributed by atoms with Gasteiger partial charge >= 0.3 is 19.4 Å². The summed E-state index contributed by atoms with van der Waals surface area (Å²) in [4.78, 5) is 37.6. The van der Waals surface area contributed by atoms with Crippen molar-refractivity contribution >= 4 is 25.3 Å². The van der Waals surface area contributed by atoms with Crippen molar-refractivity contribution in [1.29, 1.82) is 0 Å². The van der Waals surface area contributed by atoms with Gasteiger partial charge in [0.2, 0.25) is 0 Å². The maximum atomic E-state index is 15.2. The largest absolute Gasteiger partial charge is 0.462 e. The second kappa shape index (κ2) is 11.2. The SMILES string of the molecule is CC(C)OC(=O)[C@H](C)N[P@@](=O)(OC[C@H]1O[C@@H](n2ccc(=O)[nH]c2=O)[C@](F)(Cl)[C@@H]1O)Oc1ccccc1. The van der Waals surface area contributed by atoms with Crippen LogP contribution in [0.5, 0.6) is 5.75 Å². The number of aromatic amines is 1. The van der Waals surface area contributed by atoms with Gasteiger partial charge in [0.15, 0.2) is 6.23 Å². The molecule has 1 aromatic carbocycles. The average molecular weight is 550 g/mol. The van der Waals surface area contributed by atoms with Crippen LogP contribution < -0.4 is 20.9 Å². The Hall–Kier alpha value is -2.54. The molecule has 0 radical (unpaired) electrons. The molecule has 0 saturated carbocycles. The summed E-state index contributed by atoms with van der Waals surface area (Å²) in [5, 5.41) is 9.86. The Morgan fingerprint density at radius 2 is 1.97 bits per heavy atom. The molecule has 15 heteroatoms. The number of ether oxygens (including phenoxy) is 2. The molecule has 0 aliphatic carbocycles. The van der Waals surface area contributed by atoms with Crippen LogP contribution in [0.25, 0.3) is 0 Å². The van der Waals surface area contributed by atoms with E-state index in [4.69, 9.17) is 30.1 Å². The highest BCUT2D eigenvalue weighted by molar-refractivity contribution is 7.52. The number of esters is 1. The third-order valence-corrected chi connectivity index (χ3v) is 6.97. The van der Waals surface area contributed by atoms with Gasteiger partial charge < -0.3 is 19.1 Å². The number of hydrogen-bond acceptors (Lipinski definition) is 9. The number of halogens is 2. The molecule has 3 rings (SSSR count). The maximum absolute atomic E-state index is 15.2. The van der Waals surface area contributed by atoms with Gasteiger partial charge in [-0.2, -0.15) is 5.09 Å². The lowest BCUT2D eigenvalue weighted by Gasteiger charge is -2.25. The molecule has 1 saturated heterocycles. The van der Waals surface area contributed by atoms with E-state index >= 15 is 4.39 Å². The normalized spacial score (nSPS) is 26.4. The highest BCUT2D eigenvalue weighted by Crippen LogP contribution is 2.48. The van der Waals surface area contributed by atoms with Gasteiger partial charge in [0.1, 0.15) is 24.0 Å². The van der Waals surface area contributed by atoms with Crippen LogP contribution in [0.1, 0.15) is 27.0 Å². The second-order valence-electron chi connectivity index (χ2n) is 8.20. The Morgan fingerprint density at radius 1 is 1.31 bits per heavy atom. The number of rotatable bonds is 10. The molecule has 3 N–H and O–H groups in total. The highest BCUT2D eigenvalue weighted by Gasteiger charge is 2.58. The van der Waals surface area contributed by atoms with Gasteiger partial charge in [-0.3, -0.25) is 23.7 Å². The minimum atomic E-state index is -4.35. The Kier molecular flexibility index (Phi) is 8.75. The van der Waals surface area contributed by atoms with Gasteiger partial charge in [-0.1, -0.05) is 29.8 Å². The number of nitrogens with zero attached hydrogens (tertiary/aromatic N) is 1. The molecular weight excluding hydrogens is 524 g/mol. The number of H-pyrrole nitrogens is 1. The number of aromatic nitrogens is 2. The number of benzene rings is 1. The van der Waals surface area contributed by atoms with Gasteiger partial charge in [-0.25, -0.2) is 13.8 Å². The first-order chi connectivity index (χ1) is 16.8. The zero-order chi connectivity index (χ0) is 26.7. The Morgan fingerprint density at radius 3 is 2.58 bits per heavy atom. The standard InChI is InChI=1S/C21H26ClFN3O9P/c1-12(2)33-18(29)13(3)25-36(31,35-14-7-5-4-6-8-14)32-11-15-17(28)21(22,23)19(34-15)26-10-9-16(27)24-20(26)30/h4-10,12-13,15,17,19,28H,11H2,1-3H3,(H,25,31)(H,24,27,30)/t13-,15+,17+,19+,21-,36+/m0/s1. The number of hydrogen-bond donors (Lipinski definition) is 3. The summed E-state index contributed by atoms with van der Waals surface area (Å²) in [7, 11) is -4.35. The van der Waals surface area contributed by atoms with Crippen molar-refractivity contribution in [1.82, 2.24) is 14.6 Å². The second-order valence-corrected chi connectivity index (χ2v) is 10.5. The van der Waals surface area contributed by atoms with Gasteiger partial charge in [-0.15, -0.1) is 0 Å². The number of carbonyl (C=O) groups excluding carboxylic acids is 1. The lowest BCUT2D eigenvalue weighted by atomic mass is 10.1. The van der Waals surface area contributed by atoms with Crippen LogP contribution >= 0.6 is 19.3 Å². The Bertz CT molecular complexity index is 1220. The molecule has 2 aromatic rings.